The number of nitrogens with zero attached hydrogens (tertiary/aromatic N) is 4. The van der Waals surface area contributed by atoms with E-state index in [9.17, 15) is 0 Å². The Kier molecular flexibility index (Phi) is 3.02. The first-order chi connectivity index (χ1) is 9.29. The van der Waals surface area contributed by atoms with Gasteiger partial charge in [0.05, 0.1) is 24.2 Å². The standard InChI is InChI=1S/C14H9BrN4/c15-13-8-12-11(9-17-13)18-14(6-7-16)19(12)10-4-2-1-3-5-10/h1-5,8-9H,6H2. The molecule has 0 aliphatic carbocycles. The van der Waals surface area contributed by atoms with E-state index in [1.165, 1.54) is 0 Å². The van der Waals surface area contributed by atoms with E-state index < -0.39 is 0 Å². The molecule has 3 rings (SSSR count). The molecule has 0 aliphatic rings. The van der Waals surface area contributed by atoms with Gasteiger partial charge in [0.15, 0.2) is 0 Å². The van der Waals surface area contributed by atoms with Gasteiger partial charge in [0.1, 0.15) is 15.9 Å². The maximum absolute atomic E-state index is 8.94. The summed E-state index contributed by atoms with van der Waals surface area (Å²) >= 11 is 3.37. The molecule has 0 amide bonds. The predicted molar refractivity (Wildman–Crippen MR) is 75.9 cm³/mol. The van der Waals surface area contributed by atoms with E-state index in [4.69, 9.17) is 5.26 Å². The largest absolute Gasteiger partial charge is 0.295 e. The highest BCUT2D eigenvalue weighted by atomic mass is 79.9. The van der Waals surface area contributed by atoms with Crippen LogP contribution in [0.15, 0.2) is 47.2 Å². The van der Waals surface area contributed by atoms with E-state index in [0.717, 1.165) is 27.1 Å². The average molecular weight is 313 g/mol. The number of rotatable bonds is 2. The lowest BCUT2D eigenvalue weighted by Gasteiger charge is -2.07. The van der Waals surface area contributed by atoms with Gasteiger partial charge in [-0.1, -0.05) is 18.2 Å². The van der Waals surface area contributed by atoms with Gasteiger partial charge in [0.25, 0.3) is 0 Å². The van der Waals surface area contributed by atoms with Gasteiger partial charge in [-0.2, -0.15) is 5.26 Å². The smallest absolute Gasteiger partial charge is 0.128 e. The molecule has 4 nitrogen and oxygen atoms in total. The number of fused-ring (bicyclic) bond motifs is 1. The van der Waals surface area contributed by atoms with Crippen molar-refractivity contribution in [3.05, 3.63) is 53.0 Å². The van der Waals surface area contributed by atoms with Crippen molar-refractivity contribution < 1.29 is 0 Å². The van der Waals surface area contributed by atoms with Gasteiger partial charge in [-0.05, 0) is 34.1 Å². The Morgan fingerprint density at radius 2 is 2.05 bits per heavy atom. The van der Waals surface area contributed by atoms with Gasteiger partial charge >= 0.3 is 0 Å². The Morgan fingerprint density at radius 3 is 2.79 bits per heavy atom. The predicted octanol–water partition coefficient (Wildman–Crippen LogP) is 3.25. The fourth-order valence-electron chi connectivity index (χ4n) is 2.06. The molecular weight excluding hydrogens is 304 g/mol. The van der Waals surface area contributed by atoms with Gasteiger partial charge in [0, 0.05) is 5.69 Å². The highest BCUT2D eigenvalue weighted by Crippen LogP contribution is 2.23. The Morgan fingerprint density at radius 1 is 1.26 bits per heavy atom. The van der Waals surface area contributed by atoms with Gasteiger partial charge in [-0.3, -0.25) is 4.57 Å². The number of pyridine rings is 1. The number of nitriles is 1. The van der Waals surface area contributed by atoms with Gasteiger partial charge < -0.3 is 0 Å². The zero-order valence-corrected chi connectivity index (χ0v) is 11.5. The summed E-state index contributed by atoms with van der Waals surface area (Å²) in [6, 6.07) is 14.0. The number of halogens is 1. The second-order valence-electron chi connectivity index (χ2n) is 4.03. The minimum Gasteiger partial charge on any atom is -0.295 e. The number of benzene rings is 1. The molecule has 0 fully saturated rings. The van der Waals surface area contributed by atoms with Crippen LogP contribution in [-0.4, -0.2) is 14.5 Å². The molecule has 2 aromatic heterocycles. The second-order valence-corrected chi connectivity index (χ2v) is 4.84. The molecule has 3 aromatic rings. The summed E-state index contributed by atoms with van der Waals surface area (Å²) in [6.45, 7) is 0. The summed E-state index contributed by atoms with van der Waals surface area (Å²) in [5.74, 6) is 0.726. The van der Waals surface area contributed by atoms with Crippen molar-refractivity contribution in [2.45, 2.75) is 6.42 Å². The van der Waals surface area contributed by atoms with Crippen LogP contribution >= 0.6 is 15.9 Å². The van der Waals surface area contributed by atoms with Gasteiger partial charge in [0.2, 0.25) is 0 Å². The zero-order chi connectivity index (χ0) is 13.2. The maximum atomic E-state index is 8.94. The zero-order valence-electron chi connectivity index (χ0n) is 9.92. The third-order valence-corrected chi connectivity index (χ3v) is 3.26. The first-order valence-corrected chi connectivity index (χ1v) is 6.54. The van der Waals surface area contributed by atoms with Crippen LogP contribution in [0.25, 0.3) is 16.7 Å². The summed E-state index contributed by atoms with van der Waals surface area (Å²) in [5, 5.41) is 8.94. The first-order valence-electron chi connectivity index (χ1n) is 5.75. The van der Waals surface area contributed by atoms with Crippen LogP contribution in [0, 0.1) is 11.3 Å². The molecule has 1 aromatic carbocycles. The summed E-state index contributed by atoms with van der Waals surface area (Å²) in [6.07, 6.45) is 1.97. The normalized spacial score (nSPS) is 10.5. The Bertz CT molecular complexity index is 771. The molecule has 19 heavy (non-hydrogen) atoms. The summed E-state index contributed by atoms with van der Waals surface area (Å²) in [5.41, 5.74) is 2.73. The van der Waals surface area contributed by atoms with Crippen LogP contribution in [-0.2, 0) is 6.42 Å². The minimum absolute atomic E-state index is 0.265. The van der Waals surface area contributed by atoms with Crippen LogP contribution in [0.4, 0.5) is 0 Å². The van der Waals surface area contributed by atoms with Crippen molar-refractivity contribution in [3.8, 4) is 11.8 Å². The molecule has 0 spiro atoms. The molecular formula is C14H9BrN4. The molecule has 0 unspecified atom stereocenters. The molecule has 2 heterocycles. The molecule has 0 bridgehead atoms. The van der Waals surface area contributed by atoms with E-state index >= 15 is 0 Å². The number of hydrogen-bond donors (Lipinski definition) is 0. The molecule has 0 atom stereocenters. The van der Waals surface area contributed by atoms with E-state index in [1.54, 1.807) is 6.20 Å². The molecule has 0 aliphatic heterocycles. The lowest BCUT2D eigenvalue weighted by Crippen LogP contribution is -2.00. The van der Waals surface area contributed by atoms with E-state index in [1.807, 2.05) is 41.0 Å². The molecule has 92 valence electrons. The molecule has 0 saturated carbocycles. The number of imidazole rings is 1. The highest BCUT2D eigenvalue weighted by Gasteiger charge is 2.12. The minimum atomic E-state index is 0.265. The SMILES string of the molecule is N#CCc1nc2cnc(Br)cc2n1-c1ccccc1. The first kappa shape index (κ1) is 11.9. The van der Waals surface area contributed by atoms with Crippen LogP contribution in [0.3, 0.4) is 0 Å². The van der Waals surface area contributed by atoms with E-state index in [2.05, 4.69) is 32.0 Å². The van der Waals surface area contributed by atoms with Crippen molar-refractivity contribution in [2.75, 3.05) is 0 Å². The van der Waals surface area contributed by atoms with Crippen LogP contribution < -0.4 is 0 Å². The number of para-hydroxylation sites is 1. The third kappa shape index (κ3) is 2.11. The van der Waals surface area contributed by atoms with Crippen molar-refractivity contribution in [1.29, 1.82) is 5.26 Å². The Balaban J connectivity index is 2.34. The lowest BCUT2D eigenvalue weighted by atomic mass is 10.3. The van der Waals surface area contributed by atoms with Gasteiger partial charge in [-0.25, -0.2) is 9.97 Å². The molecule has 0 saturated heterocycles. The van der Waals surface area contributed by atoms with Crippen molar-refractivity contribution in [3.63, 3.8) is 0 Å². The maximum Gasteiger partial charge on any atom is 0.128 e. The number of hydrogen-bond acceptors (Lipinski definition) is 3. The third-order valence-electron chi connectivity index (χ3n) is 2.83. The Hall–Kier alpha value is -2.19. The van der Waals surface area contributed by atoms with Crippen LogP contribution in [0.2, 0.25) is 0 Å². The van der Waals surface area contributed by atoms with Crippen LogP contribution in [0.1, 0.15) is 5.82 Å². The number of aromatic nitrogens is 3. The second kappa shape index (κ2) is 4.82. The Labute approximate surface area is 118 Å². The summed E-state index contributed by atoms with van der Waals surface area (Å²) < 4.78 is 2.74. The summed E-state index contributed by atoms with van der Waals surface area (Å²) in [7, 11) is 0. The molecule has 0 radical (unpaired) electrons. The quantitative estimate of drug-likeness (QED) is 0.682. The van der Waals surface area contributed by atoms with E-state index in [0.29, 0.717) is 0 Å². The highest BCUT2D eigenvalue weighted by molar-refractivity contribution is 9.10. The monoisotopic (exact) mass is 312 g/mol. The molecule has 0 N–H and O–H groups in total. The van der Waals surface area contributed by atoms with Crippen LogP contribution in [0.5, 0.6) is 0 Å². The van der Waals surface area contributed by atoms with Crippen molar-refractivity contribution in [1.82, 2.24) is 14.5 Å². The summed E-state index contributed by atoms with van der Waals surface area (Å²) in [4.78, 5) is 8.65. The van der Waals surface area contributed by atoms with Crippen molar-refractivity contribution in [2.24, 2.45) is 0 Å². The van der Waals surface area contributed by atoms with E-state index in [-0.39, 0.29) is 6.42 Å². The topological polar surface area (TPSA) is 54.5 Å². The lowest BCUT2D eigenvalue weighted by molar-refractivity contribution is 0.954. The average Bonchev–Trinajstić information content (AvgIpc) is 2.77. The van der Waals surface area contributed by atoms with Gasteiger partial charge in [-0.15, -0.1) is 0 Å². The van der Waals surface area contributed by atoms with Crippen molar-refractivity contribution >= 4 is 27.0 Å². The molecule has 5 heteroatoms. The fourth-order valence-corrected chi connectivity index (χ4v) is 2.38. The fraction of sp³-hybridized carbons (Fsp3) is 0.0714.